The maximum absolute atomic E-state index is 12.0. The summed E-state index contributed by atoms with van der Waals surface area (Å²) in [5, 5.41) is 18.5. The van der Waals surface area contributed by atoms with Crippen LogP contribution in [0, 0.1) is 11.8 Å². The minimum absolute atomic E-state index is 0.0293. The second-order valence-corrected chi connectivity index (χ2v) is 6.68. The van der Waals surface area contributed by atoms with Gasteiger partial charge in [0.15, 0.2) is 0 Å². The molecule has 0 spiro atoms. The van der Waals surface area contributed by atoms with Gasteiger partial charge in [-0.25, -0.2) is 0 Å². The second kappa shape index (κ2) is 11.7. The van der Waals surface area contributed by atoms with E-state index in [1.165, 1.54) is 0 Å². The van der Waals surface area contributed by atoms with E-state index in [0.29, 0.717) is 25.7 Å². The van der Waals surface area contributed by atoms with E-state index in [4.69, 9.17) is 5.11 Å². The Balaban J connectivity index is 2.49. The van der Waals surface area contributed by atoms with Crippen LogP contribution in [0.5, 0.6) is 0 Å². The molecule has 1 aliphatic rings. The first-order chi connectivity index (χ1) is 12.0. The van der Waals surface area contributed by atoms with Crippen LogP contribution in [-0.4, -0.2) is 33.9 Å². The number of carboxylic acid groups (broad SMARTS) is 1. The number of unbranched alkanes of at least 4 members (excludes halogenated alkanes) is 3. The molecule has 25 heavy (non-hydrogen) atoms. The summed E-state index contributed by atoms with van der Waals surface area (Å²) in [6, 6.07) is 0. The molecular weight excluding hydrogens is 320 g/mol. The predicted molar refractivity (Wildman–Crippen MR) is 96.1 cm³/mol. The number of carbonyl (C=O) groups excluding carboxylic acids is 2. The summed E-state index contributed by atoms with van der Waals surface area (Å²) in [5.41, 5.74) is 0. The SMILES string of the molecule is CCCCC[C@H](O)/C=C/C1C(=O)CC(=O)C1C/C=C\CCCC(=O)O. The average molecular weight is 350 g/mol. The lowest BCUT2D eigenvalue weighted by atomic mass is 9.90. The van der Waals surface area contributed by atoms with Crippen molar-refractivity contribution in [2.45, 2.75) is 70.8 Å². The summed E-state index contributed by atoms with van der Waals surface area (Å²) < 4.78 is 0. The monoisotopic (exact) mass is 350 g/mol. The van der Waals surface area contributed by atoms with Crippen LogP contribution in [0.25, 0.3) is 0 Å². The summed E-state index contributed by atoms with van der Waals surface area (Å²) in [4.78, 5) is 34.5. The molecule has 1 rings (SSSR count). The van der Waals surface area contributed by atoms with Crippen molar-refractivity contribution in [1.82, 2.24) is 0 Å². The molecule has 0 radical (unpaired) electrons. The van der Waals surface area contributed by atoms with Crippen LogP contribution < -0.4 is 0 Å². The molecule has 0 aromatic heterocycles. The van der Waals surface area contributed by atoms with Crippen molar-refractivity contribution in [2.75, 3.05) is 0 Å². The van der Waals surface area contributed by atoms with Gasteiger partial charge in [0, 0.05) is 18.3 Å². The quantitative estimate of drug-likeness (QED) is 0.319. The van der Waals surface area contributed by atoms with E-state index in [1.54, 1.807) is 12.2 Å². The molecule has 0 aliphatic heterocycles. The minimum atomic E-state index is -0.812. The number of rotatable bonds is 12. The number of aliphatic hydroxyl groups is 1. The summed E-state index contributed by atoms with van der Waals surface area (Å²) in [5.74, 6) is -1.74. The molecule has 5 nitrogen and oxygen atoms in total. The van der Waals surface area contributed by atoms with Crippen molar-refractivity contribution in [2.24, 2.45) is 11.8 Å². The molecule has 0 saturated heterocycles. The number of allylic oxidation sites excluding steroid dienone is 3. The topological polar surface area (TPSA) is 91.7 Å². The Morgan fingerprint density at radius 1 is 1.20 bits per heavy atom. The summed E-state index contributed by atoms with van der Waals surface area (Å²) in [7, 11) is 0. The van der Waals surface area contributed by atoms with Gasteiger partial charge in [0.25, 0.3) is 0 Å². The number of carboxylic acids is 1. The van der Waals surface area contributed by atoms with E-state index in [0.717, 1.165) is 19.3 Å². The van der Waals surface area contributed by atoms with Gasteiger partial charge in [0.1, 0.15) is 11.6 Å². The third-order valence-corrected chi connectivity index (χ3v) is 4.53. The highest BCUT2D eigenvalue weighted by Gasteiger charge is 2.38. The lowest BCUT2D eigenvalue weighted by molar-refractivity contribution is -0.137. The number of aliphatic carboxylic acids is 1. The van der Waals surface area contributed by atoms with Gasteiger partial charge >= 0.3 is 5.97 Å². The maximum Gasteiger partial charge on any atom is 0.303 e. The lowest BCUT2D eigenvalue weighted by Gasteiger charge is -2.12. The van der Waals surface area contributed by atoms with E-state index >= 15 is 0 Å². The zero-order valence-corrected chi connectivity index (χ0v) is 15.0. The molecule has 2 unspecified atom stereocenters. The highest BCUT2D eigenvalue weighted by Crippen LogP contribution is 2.30. The van der Waals surface area contributed by atoms with Crippen LogP contribution in [0.3, 0.4) is 0 Å². The van der Waals surface area contributed by atoms with Crippen molar-refractivity contribution in [3.05, 3.63) is 24.3 Å². The molecule has 2 N–H and O–H groups in total. The van der Waals surface area contributed by atoms with Gasteiger partial charge in [-0.2, -0.15) is 0 Å². The second-order valence-electron chi connectivity index (χ2n) is 6.68. The van der Waals surface area contributed by atoms with Gasteiger partial charge in [-0.15, -0.1) is 0 Å². The Hall–Kier alpha value is -1.75. The van der Waals surface area contributed by atoms with Crippen LogP contribution in [0.15, 0.2) is 24.3 Å². The fourth-order valence-corrected chi connectivity index (χ4v) is 3.04. The molecule has 140 valence electrons. The van der Waals surface area contributed by atoms with Gasteiger partial charge < -0.3 is 10.2 Å². The van der Waals surface area contributed by atoms with E-state index in [2.05, 4.69) is 6.92 Å². The number of hydrogen-bond donors (Lipinski definition) is 2. The number of carbonyl (C=O) groups is 3. The average Bonchev–Trinajstić information content (AvgIpc) is 2.82. The van der Waals surface area contributed by atoms with Crippen molar-refractivity contribution in [3.63, 3.8) is 0 Å². The number of aliphatic hydroxyl groups excluding tert-OH is 1. The van der Waals surface area contributed by atoms with Crippen molar-refractivity contribution < 1.29 is 24.6 Å². The molecule has 5 heteroatoms. The molecule has 0 aromatic rings. The summed E-state index contributed by atoms with van der Waals surface area (Å²) in [6.07, 6.45) is 12.1. The first kappa shape index (κ1) is 21.3. The maximum atomic E-state index is 12.0. The van der Waals surface area contributed by atoms with Gasteiger partial charge in [0.05, 0.1) is 12.5 Å². The van der Waals surface area contributed by atoms with E-state index in [-0.39, 0.29) is 30.3 Å². The Morgan fingerprint density at radius 3 is 2.64 bits per heavy atom. The molecule has 1 saturated carbocycles. The van der Waals surface area contributed by atoms with E-state index in [1.807, 2.05) is 12.2 Å². The van der Waals surface area contributed by atoms with Crippen LogP contribution in [-0.2, 0) is 14.4 Å². The van der Waals surface area contributed by atoms with Crippen LogP contribution in [0.2, 0.25) is 0 Å². The van der Waals surface area contributed by atoms with Gasteiger partial charge in [-0.05, 0) is 25.7 Å². The molecule has 3 atom stereocenters. The fraction of sp³-hybridized carbons (Fsp3) is 0.650. The Labute approximate surface area is 149 Å². The number of hydrogen-bond acceptors (Lipinski definition) is 4. The summed E-state index contributed by atoms with van der Waals surface area (Å²) in [6.45, 7) is 2.10. The molecule has 1 fully saturated rings. The Morgan fingerprint density at radius 2 is 1.96 bits per heavy atom. The molecule has 0 aromatic carbocycles. The Kier molecular flexibility index (Phi) is 10.0. The smallest absolute Gasteiger partial charge is 0.303 e. The molecule has 0 heterocycles. The van der Waals surface area contributed by atoms with Crippen LogP contribution in [0.1, 0.15) is 64.7 Å². The predicted octanol–water partition coefficient (Wildman–Crippen LogP) is 3.46. The normalized spacial score (nSPS) is 22.3. The number of Topliss-reactive ketones (excluding diaryl/α,β-unsaturated/α-hetero) is 2. The van der Waals surface area contributed by atoms with Crippen molar-refractivity contribution >= 4 is 17.5 Å². The van der Waals surface area contributed by atoms with Gasteiger partial charge in [0.2, 0.25) is 0 Å². The third kappa shape index (κ3) is 8.25. The lowest BCUT2D eigenvalue weighted by Crippen LogP contribution is -2.16. The van der Waals surface area contributed by atoms with Crippen LogP contribution in [0.4, 0.5) is 0 Å². The van der Waals surface area contributed by atoms with Crippen molar-refractivity contribution in [1.29, 1.82) is 0 Å². The van der Waals surface area contributed by atoms with Gasteiger partial charge in [-0.3, -0.25) is 14.4 Å². The molecule has 1 aliphatic carbocycles. The van der Waals surface area contributed by atoms with E-state index in [9.17, 15) is 19.5 Å². The highest BCUT2D eigenvalue weighted by atomic mass is 16.4. The van der Waals surface area contributed by atoms with Crippen molar-refractivity contribution in [3.8, 4) is 0 Å². The zero-order chi connectivity index (χ0) is 18.7. The first-order valence-electron chi connectivity index (χ1n) is 9.24. The Bertz CT molecular complexity index is 506. The summed E-state index contributed by atoms with van der Waals surface area (Å²) >= 11 is 0. The van der Waals surface area contributed by atoms with E-state index < -0.39 is 18.0 Å². The molecule has 0 bridgehead atoms. The zero-order valence-electron chi connectivity index (χ0n) is 15.0. The third-order valence-electron chi connectivity index (χ3n) is 4.53. The number of ketones is 2. The standard InChI is InChI=1S/C20H30O5/c1-2-3-6-9-15(21)12-13-17-16(18(22)14-19(17)23)10-7-4-5-8-11-20(24)25/h4,7,12-13,15-17,21H,2-3,5-6,8-11,14H2,1H3,(H,24,25)/b7-4-,13-12+/t15-,16?,17?/m0/s1. The van der Waals surface area contributed by atoms with Crippen LogP contribution >= 0.6 is 0 Å². The highest BCUT2D eigenvalue weighted by molar-refractivity contribution is 6.09. The molecule has 0 amide bonds. The first-order valence-corrected chi connectivity index (χ1v) is 9.24. The largest absolute Gasteiger partial charge is 0.481 e. The fourth-order valence-electron chi connectivity index (χ4n) is 3.04. The van der Waals surface area contributed by atoms with Gasteiger partial charge in [-0.1, -0.05) is 50.5 Å². The minimum Gasteiger partial charge on any atom is -0.481 e. The molecular formula is C20H30O5.